The Balaban J connectivity index is 2.82. The highest BCUT2D eigenvalue weighted by atomic mass is 16.5. The van der Waals surface area contributed by atoms with Gasteiger partial charge in [-0.2, -0.15) is 0 Å². The van der Waals surface area contributed by atoms with Crippen LogP contribution in [0.25, 0.3) is 0 Å². The van der Waals surface area contributed by atoms with E-state index in [4.69, 9.17) is 4.74 Å². The van der Waals surface area contributed by atoms with Crippen LogP contribution in [0.2, 0.25) is 0 Å². The van der Waals surface area contributed by atoms with Gasteiger partial charge in [0, 0.05) is 14.1 Å². The van der Waals surface area contributed by atoms with E-state index in [2.05, 4.69) is 26.0 Å². The number of rotatable bonds is 4. The summed E-state index contributed by atoms with van der Waals surface area (Å²) >= 11 is 0. The van der Waals surface area contributed by atoms with Gasteiger partial charge in [0.25, 0.3) is 5.91 Å². The molecule has 0 saturated heterocycles. The molecule has 3 nitrogen and oxygen atoms in total. The first kappa shape index (κ1) is 13.6. The Hall–Kier alpha value is -1.51. The van der Waals surface area contributed by atoms with Crippen molar-refractivity contribution in [3.63, 3.8) is 0 Å². The van der Waals surface area contributed by atoms with Crippen molar-refractivity contribution in [3.05, 3.63) is 29.3 Å². The molecular formula is C14H21NO2. The maximum atomic E-state index is 11.5. The predicted molar refractivity (Wildman–Crippen MR) is 69.5 cm³/mol. The highest BCUT2D eigenvalue weighted by molar-refractivity contribution is 5.77. The molecule has 1 aromatic rings. The smallest absolute Gasteiger partial charge is 0.259 e. The molecule has 0 heterocycles. The van der Waals surface area contributed by atoms with E-state index in [-0.39, 0.29) is 12.5 Å². The molecule has 0 aliphatic carbocycles. The number of carbonyl (C=O) groups excluding carboxylic acids is 1. The normalized spacial score (nSPS) is 10.5. The minimum absolute atomic E-state index is 0.0267. The fourth-order valence-corrected chi connectivity index (χ4v) is 1.51. The van der Waals surface area contributed by atoms with E-state index in [1.165, 1.54) is 4.90 Å². The highest BCUT2D eigenvalue weighted by Gasteiger charge is 2.10. The average Bonchev–Trinajstić information content (AvgIpc) is 2.25. The summed E-state index contributed by atoms with van der Waals surface area (Å²) in [6.45, 7) is 6.34. The molecular weight excluding hydrogens is 214 g/mol. The molecule has 3 heteroatoms. The van der Waals surface area contributed by atoms with Gasteiger partial charge in [-0.05, 0) is 30.0 Å². The molecule has 0 aliphatic rings. The summed E-state index contributed by atoms with van der Waals surface area (Å²) in [6.07, 6.45) is 0. The van der Waals surface area contributed by atoms with E-state index in [0.29, 0.717) is 5.92 Å². The van der Waals surface area contributed by atoms with Gasteiger partial charge in [-0.15, -0.1) is 0 Å². The molecule has 0 bridgehead atoms. The second-order valence-electron chi connectivity index (χ2n) is 4.77. The molecule has 1 aromatic carbocycles. The number of hydrogen-bond acceptors (Lipinski definition) is 2. The number of carbonyl (C=O) groups is 1. The molecule has 0 radical (unpaired) electrons. The number of likely N-dealkylation sites (N-methyl/N-ethyl adjacent to an activating group) is 1. The van der Waals surface area contributed by atoms with Gasteiger partial charge in [0.05, 0.1) is 0 Å². The van der Waals surface area contributed by atoms with E-state index in [1.54, 1.807) is 14.1 Å². The molecule has 0 N–H and O–H groups in total. The predicted octanol–water partition coefficient (Wildman–Crippen LogP) is 2.59. The van der Waals surface area contributed by atoms with Crippen molar-refractivity contribution in [3.8, 4) is 5.75 Å². The highest BCUT2D eigenvalue weighted by Crippen LogP contribution is 2.27. The summed E-state index contributed by atoms with van der Waals surface area (Å²) in [5.74, 6) is 1.18. The van der Waals surface area contributed by atoms with Crippen LogP contribution in [0.15, 0.2) is 18.2 Å². The van der Waals surface area contributed by atoms with Gasteiger partial charge < -0.3 is 9.64 Å². The summed E-state index contributed by atoms with van der Waals surface area (Å²) in [4.78, 5) is 13.0. The number of amides is 1. The Morgan fingerprint density at radius 3 is 2.53 bits per heavy atom. The van der Waals surface area contributed by atoms with E-state index < -0.39 is 0 Å². The summed E-state index contributed by atoms with van der Waals surface area (Å²) in [7, 11) is 3.45. The quantitative estimate of drug-likeness (QED) is 0.802. The van der Waals surface area contributed by atoms with Crippen LogP contribution in [-0.2, 0) is 4.79 Å². The van der Waals surface area contributed by atoms with Crippen molar-refractivity contribution >= 4 is 5.91 Å². The Labute approximate surface area is 103 Å². The molecule has 0 unspecified atom stereocenters. The zero-order chi connectivity index (χ0) is 13.0. The van der Waals surface area contributed by atoms with Gasteiger partial charge in [0.15, 0.2) is 6.61 Å². The van der Waals surface area contributed by atoms with Gasteiger partial charge in [-0.3, -0.25) is 4.79 Å². The standard InChI is InChI=1S/C14H21NO2/c1-10(2)12-7-6-11(3)8-13(12)17-9-14(16)15(4)5/h6-8,10H,9H2,1-5H3. The van der Waals surface area contributed by atoms with E-state index in [1.807, 2.05) is 13.0 Å². The third-order valence-corrected chi connectivity index (χ3v) is 2.64. The molecule has 0 saturated carbocycles. The summed E-state index contributed by atoms with van der Waals surface area (Å²) < 4.78 is 5.61. The van der Waals surface area contributed by atoms with Crippen LogP contribution in [0.1, 0.15) is 30.9 Å². The first-order valence-corrected chi connectivity index (χ1v) is 5.85. The van der Waals surface area contributed by atoms with Crippen LogP contribution in [-0.4, -0.2) is 31.5 Å². The molecule has 94 valence electrons. The summed E-state index contributed by atoms with van der Waals surface area (Å²) in [5.41, 5.74) is 2.28. The Bertz CT molecular complexity index is 397. The Morgan fingerprint density at radius 2 is 2.00 bits per heavy atom. The van der Waals surface area contributed by atoms with Crippen LogP contribution in [0.5, 0.6) is 5.75 Å². The number of aryl methyl sites for hydroxylation is 1. The van der Waals surface area contributed by atoms with Crippen LogP contribution in [0.4, 0.5) is 0 Å². The zero-order valence-electron chi connectivity index (χ0n) is 11.3. The van der Waals surface area contributed by atoms with Gasteiger partial charge >= 0.3 is 0 Å². The van der Waals surface area contributed by atoms with Crippen LogP contribution >= 0.6 is 0 Å². The van der Waals surface area contributed by atoms with Crippen LogP contribution in [0.3, 0.4) is 0 Å². The van der Waals surface area contributed by atoms with Crippen LogP contribution < -0.4 is 4.74 Å². The monoisotopic (exact) mass is 235 g/mol. The lowest BCUT2D eigenvalue weighted by Crippen LogP contribution is -2.27. The van der Waals surface area contributed by atoms with Crippen molar-refractivity contribution in [2.24, 2.45) is 0 Å². The van der Waals surface area contributed by atoms with E-state index in [9.17, 15) is 4.79 Å². The number of ether oxygens (including phenoxy) is 1. The molecule has 0 aromatic heterocycles. The second kappa shape index (κ2) is 5.71. The molecule has 1 amide bonds. The maximum Gasteiger partial charge on any atom is 0.259 e. The lowest BCUT2D eigenvalue weighted by molar-refractivity contribution is -0.130. The molecule has 0 spiro atoms. The average molecular weight is 235 g/mol. The Kier molecular flexibility index (Phi) is 4.55. The van der Waals surface area contributed by atoms with Crippen molar-refractivity contribution in [2.75, 3.05) is 20.7 Å². The fourth-order valence-electron chi connectivity index (χ4n) is 1.51. The van der Waals surface area contributed by atoms with E-state index in [0.717, 1.165) is 16.9 Å². The topological polar surface area (TPSA) is 29.5 Å². The Morgan fingerprint density at radius 1 is 1.35 bits per heavy atom. The number of benzene rings is 1. The van der Waals surface area contributed by atoms with Crippen molar-refractivity contribution < 1.29 is 9.53 Å². The number of hydrogen-bond donors (Lipinski definition) is 0. The van der Waals surface area contributed by atoms with Gasteiger partial charge in [0.1, 0.15) is 5.75 Å². The minimum atomic E-state index is -0.0267. The summed E-state index contributed by atoms with van der Waals surface area (Å²) in [5, 5.41) is 0. The van der Waals surface area contributed by atoms with Gasteiger partial charge in [0.2, 0.25) is 0 Å². The fraction of sp³-hybridized carbons (Fsp3) is 0.500. The van der Waals surface area contributed by atoms with Crippen molar-refractivity contribution in [2.45, 2.75) is 26.7 Å². The van der Waals surface area contributed by atoms with Crippen molar-refractivity contribution in [1.82, 2.24) is 4.90 Å². The lowest BCUT2D eigenvalue weighted by atomic mass is 10.0. The largest absolute Gasteiger partial charge is 0.483 e. The minimum Gasteiger partial charge on any atom is -0.483 e. The third kappa shape index (κ3) is 3.77. The van der Waals surface area contributed by atoms with Crippen LogP contribution in [0, 0.1) is 6.92 Å². The van der Waals surface area contributed by atoms with Crippen molar-refractivity contribution in [1.29, 1.82) is 0 Å². The SMILES string of the molecule is Cc1ccc(C(C)C)c(OCC(=O)N(C)C)c1. The maximum absolute atomic E-state index is 11.5. The van der Waals surface area contributed by atoms with Gasteiger partial charge in [-0.1, -0.05) is 26.0 Å². The molecule has 17 heavy (non-hydrogen) atoms. The molecule has 0 atom stereocenters. The van der Waals surface area contributed by atoms with E-state index >= 15 is 0 Å². The summed E-state index contributed by atoms with van der Waals surface area (Å²) in [6, 6.07) is 6.11. The number of nitrogens with zero attached hydrogens (tertiary/aromatic N) is 1. The first-order chi connectivity index (χ1) is 7.91. The molecule has 0 aliphatic heterocycles. The molecule has 1 rings (SSSR count). The zero-order valence-corrected chi connectivity index (χ0v) is 11.3. The molecule has 0 fully saturated rings. The first-order valence-electron chi connectivity index (χ1n) is 5.85. The second-order valence-corrected chi connectivity index (χ2v) is 4.77. The van der Waals surface area contributed by atoms with Gasteiger partial charge in [-0.25, -0.2) is 0 Å². The lowest BCUT2D eigenvalue weighted by Gasteiger charge is -2.16. The third-order valence-electron chi connectivity index (χ3n) is 2.64.